The molecule has 0 spiro atoms. The van der Waals surface area contributed by atoms with Gasteiger partial charge in [0, 0.05) is 31.2 Å². The maximum atomic E-state index is 10.2. The van der Waals surface area contributed by atoms with Gasteiger partial charge in [-0.25, -0.2) is 0 Å². The highest BCUT2D eigenvalue weighted by Crippen LogP contribution is 2.19. The first-order chi connectivity index (χ1) is 10.2. The van der Waals surface area contributed by atoms with E-state index in [1.165, 1.54) is 18.4 Å². The molecule has 6 heteroatoms. The van der Waals surface area contributed by atoms with Crippen LogP contribution in [0.15, 0.2) is 30.9 Å². The van der Waals surface area contributed by atoms with Crippen molar-refractivity contribution in [2.75, 3.05) is 13.1 Å². The van der Waals surface area contributed by atoms with Gasteiger partial charge < -0.3 is 5.11 Å². The van der Waals surface area contributed by atoms with E-state index in [0.29, 0.717) is 19.1 Å². The second kappa shape index (κ2) is 6.41. The molecule has 114 valence electrons. The fourth-order valence-electron chi connectivity index (χ4n) is 3.08. The largest absolute Gasteiger partial charge is 0.390 e. The quantitative estimate of drug-likeness (QED) is 0.859. The van der Waals surface area contributed by atoms with Crippen LogP contribution in [0.3, 0.4) is 0 Å². The van der Waals surface area contributed by atoms with E-state index in [1.807, 2.05) is 23.1 Å². The van der Waals surface area contributed by atoms with Crippen molar-refractivity contribution in [2.45, 2.75) is 45.0 Å². The van der Waals surface area contributed by atoms with E-state index in [9.17, 15) is 5.11 Å². The lowest BCUT2D eigenvalue weighted by Gasteiger charge is -2.26. The first-order valence-corrected chi connectivity index (χ1v) is 7.59. The van der Waals surface area contributed by atoms with Gasteiger partial charge >= 0.3 is 0 Å². The van der Waals surface area contributed by atoms with Crippen molar-refractivity contribution >= 4 is 0 Å². The van der Waals surface area contributed by atoms with Gasteiger partial charge in [0.1, 0.15) is 0 Å². The number of aliphatic hydroxyl groups excluding tert-OH is 1. The molecule has 1 aliphatic heterocycles. The zero-order valence-corrected chi connectivity index (χ0v) is 12.5. The van der Waals surface area contributed by atoms with Crippen LogP contribution >= 0.6 is 0 Å². The van der Waals surface area contributed by atoms with E-state index in [0.717, 1.165) is 13.1 Å². The SMILES string of the molecule is Cc1cnn(CC2CCCN2CC(O)Cn2cccn2)c1. The highest BCUT2D eigenvalue weighted by atomic mass is 16.3. The van der Waals surface area contributed by atoms with Gasteiger partial charge in [0.15, 0.2) is 0 Å². The van der Waals surface area contributed by atoms with Crippen molar-refractivity contribution in [3.05, 3.63) is 36.4 Å². The van der Waals surface area contributed by atoms with Gasteiger partial charge in [-0.05, 0) is 37.9 Å². The molecule has 0 saturated carbocycles. The van der Waals surface area contributed by atoms with Crippen LogP contribution in [0.2, 0.25) is 0 Å². The molecular weight excluding hydrogens is 266 g/mol. The third-order valence-corrected chi connectivity index (χ3v) is 4.06. The zero-order valence-electron chi connectivity index (χ0n) is 12.5. The standard InChI is InChI=1S/C15H23N5O/c1-13-8-17-20(9-13)10-14-4-2-6-18(14)11-15(21)12-19-7-3-5-16-19/h3,5,7-9,14-15,21H,2,4,6,10-12H2,1H3. The van der Waals surface area contributed by atoms with Gasteiger partial charge in [-0.2, -0.15) is 10.2 Å². The molecule has 2 unspecified atom stereocenters. The summed E-state index contributed by atoms with van der Waals surface area (Å²) in [4.78, 5) is 2.38. The zero-order chi connectivity index (χ0) is 14.7. The minimum Gasteiger partial charge on any atom is -0.390 e. The monoisotopic (exact) mass is 289 g/mol. The first-order valence-electron chi connectivity index (χ1n) is 7.59. The van der Waals surface area contributed by atoms with Crippen LogP contribution in [0.5, 0.6) is 0 Å². The van der Waals surface area contributed by atoms with E-state index in [1.54, 1.807) is 10.9 Å². The van der Waals surface area contributed by atoms with Crippen LogP contribution in [0, 0.1) is 6.92 Å². The summed E-state index contributed by atoms with van der Waals surface area (Å²) >= 11 is 0. The molecule has 0 aliphatic carbocycles. The van der Waals surface area contributed by atoms with Crippen molar-refractivity contribution in [3.8, 4) is 0 Å². The number of aryl methyl sites for hydroxylation is 1. The molecule has 21 heavy (non-hydrogen) atoms. The van der Waals surface area contributed by atoms with Crippen LogP contribution < -0.4 is 0 Å². The molecule has 2 aromatic rings. The topological polar surface area (TPSA) is 59.1 Å². The fraction of sp³-hybridized carbons (Fsp3) is 0.600. The van der Waals surface area contributed by atoms with E-state index in [2.05, 4.69) is 28.2 Å². The minimum atomic E-state index is -0.384. The number of likely N-dealkylation sites (tertiary alicyclic amines) is 1. The molecule has 1 fully saturated rings. The average molecular weight is 289 g/mol. The molecule has 1 N–H and O–H groups in total. The summed E-state index contributed by atoms with van der Waals surface area (Å²) in [6.45, 7) is 5.27. The van der Waals surface area contributed by atoms with Crippen LogP contribution in [-0.2, 0) is 13.1 Å². The molecule has 0 radical (unpaired) electrons. The molecule has 0 aromatic carbocycles. The molecule has 3 heterocycles. The lowest BCUT2D eigenvalue weighted by Crippen LogP contribution is -2.40. The number of hydrogen-bond donors (Lipinski definition) is 1. The Morgan fingerprint density at radius 3 is 2.95 bits per heavy atom. The molecular formula is C15H23N5O. The van der Waals surface area contributed by atoms with E-state index >= 15 is 0 Å². The maximum absolute atomic E-state index is 10.2. The number of nitrogens with zero attached hydrogens (tertiary/aromatic N) is 5. The molecule has 2 atom stereocenters. The molecule has 0 amide bonds. The smallest absolute Gasteiger partial charge is 0.0862 e. The Hall–Kier alpha value is -1.66. The maximum Gasteiger partial charge on any atom is 0.0862 e. The first kappa shape index (κ1) is 14.3. The summed E-state index contributed by atoms with van der Waals surface area (Å²) in [7, 11) is 0. The predicted molar refractivity (Wildman–Crippen MR) is 79.8 cm³/mol. The third kappa shape index (κ3) is 3.71. The van der Waals surface area contributed by atoms with Gasteiger partial charge in [0.25, 0.3) is 0 Å². The molecule has 6 nitrogen and oxygen atoms in total. The van der Waals surface area contributed by atoms with Crippen molar-refractivity contribution in [3.63, 3.8) is 0 Å². The summed E-state index contributed by atoms with van der Waals surface area (Å²) in [5.74, 6) is 0. The highest BCUT2D eigenvalue weighted by molar-refractivity contribution is 4.99. The van der Waals surface area contributed by atoms with Gasteiger partial charge in [-0.1, -0.05) is 0 Å². The molecule has 3 rings (SSSR count). The lowest BCUT2D eigenvalue weighted by molar-refractivity contribution is 0.0847. The number of hydrogen-bond acceptors (Lipinski definition) is 4. The van der Waals surface area contributed by atoms with Crippen molar-refractivity contribution in [1.82, 2.24) is 24.5 Å². The van der Waals surface area contributed by atoms with Crippen LogP contribution in [-0.4, -0.2) is 54.8 Å². The fourth-order valence-corrected chi connectivity index (χ4v) is 3.08. The minimum absolute atomic E-state index is 0.384. The van der Waals surface area contributed by atoms with Gasteiger partial charge in [0.05, 0.1) is 25.4 Å². The number of aliphatic hydroxyl groups is 1. The number of aromatic nitrogens is 4. The summed E-state index contributed by atoms with van der Waals surface area (Å²) in [5, 5.41) is 18.8. The van der Waals surface area contributed by atoms with E-state index in [-0.39, 0.29) is 6.10 Å². The Kier molecular flexibility index (Phi) is 4.36. The summed E-state index contributed by atoms with van der Waals surface area (Å²) in [5.41, 5.74) is 1.19. The summed E-state index contributed by atoms with van der Waals surface area (Å²) < 4.78 is 3.80. The van der Waals surface area contributed by atoms with Crippen LogP contribution in [0.1, 0.15) is 18.4 Å². The molecule has 1 aliphatic rings. The van der Waals surface area contributed by atoms with Crippen molar-refractivity contribution < 1.29 is 5.11 Å². The summed E-state index contributed by atoms with van der Waals surface area (Å²) in [6, 6.07) is 2.35. The molecule has 2 aromatic heterocycles. The van der Waals surface area contributed by atoms with Gasteiger partial charge in [0.2, 0.25) is 0 Å². The van der Waals surface area contributed by atoms with Crippen molar-refractivity contribution in [2.24, 2.45) is 0 Å². The Morgan fingerprint density at radius 2 is 2.24 bits per heavy atom. The molecule has 0 bridgehead atoms. The third-order valence-electron chi connectivity index (χ3n) is 4.06. The van der Waals surface area contributed by atoms with E-state index < -0.39 is 0 Å². The second-order valence-electron chi connectivity index (χ2n) is 5.91. The number of rotatable bonds is 6. The summed E-state index contributed by atoms with van der Waals surface area (Å²) in [6.07, 6.45) is 9.59. The van der Waals surface area contributed by atoms with Gasteiger partial charge in [-0.15, -0.1) is 0 Å². The van der Waals surface area contributed by atoms with E-state index in [4.69, 9.17) is 0 Å². The highest BCUT2D eigenvalue weighted by Gasteiger charge is 2.26. The Balaban J connectivity index is 1.54. The average Bonchev–Trinajstić information content (AvgIpc) is 3.15. The van der Waals surface area contributed by atoms with Gasteiger partial charge in [-0.3, -0.25) is 14.3 Å². The van der Waals surface area contributed by atoms with Crippen molar-refractivity contribution in [1.29, 1.82) is 0 Å². The Morgan fingerprint density at radius 1 is 1.33 bits per heavy atom. The normalized spacial score (nSPS) is 21.0. The Bertz CT molecular complexity index is 550. The van der Waals surface area contributed by atoms with Crippen LogP contribution in [0.4, 0.5) is 0 Å². The molecule has 1 saturated heterocycles. The lowest BCUT2D eigenvalue weighted by atomic mass is 10.2. The Labute approximate surface area is 125 Å². The number of β-amino-alcohol motifs (C(OH)–C–C–N with tert-alkyl or cyclic N) is 1. The second-order valence-corrected chi connectivity index (χ2v) is 5.91. The predicted octanol–water partition coefficient (Wildman–Crippen LogP) is 0.914. The van der Waals surface area contributed by atoms with Crippen LogP contribution in [0.25, 0.3) is 0 Å².